The Morgan fingerprint density at radius 2 is 1.82 bits per heavy atom. The number of rotatable bonds is 9. The maximum atomic E-state index is 12.5. The predicted octanol–water partition coefficient (Wildman–Crippen LogP) is 3.95. The molecule has 8 heteroatoms. The number of para-hydroxylation sites is 1. The summed E-state index contributed by atoms with van der Waals surface area (Å²) in [6.45, 7) is 2.55. The average Bonchev–Trinajstić information content (AvgIpc) is 2.94. The number of methoxy groups -OCH3 is 1. The van der Waals surface area contributed by atoms with Gasteiger partial charge < -0.3 is 18.8 Å². The smallest absolute Gasteiger partial charge is 0.387 e. The first-order valence-corrected chi connectivity index (χ1v) is 8.67. The fraction of sp³-hybridized carbons (Fsp3) is 0.400. The number of hydrogen-bond donors (Lipinski definition) is 0. The van der Waals surface area contributed by atoms with Crippen LogP contribution in [0, 0.1) is 13.8 Å². The fourth-order valence-corrected chi connectivity index (χ4v) is 3.17. The monoisotopic (exact) mass is 395 g/mol. The van der Waals surface area contributed by atoms with E-state index in [0.29, 0.717) is 12.2 Å². The molecule has 1 aromatic carbocycles. The van der Waals surface area contributed by atoms with Crippen LogP contribution in [0.4, 0.5) is 8.78 Å². The minimum atomic E-state index is -3.07. The first kappa shape index (κ1) is 21.6. The summed E-state index contributed by atoms with van der Waals surface area (Å²) in [6.07, 6.45) is 0. The normalized spacial score (nSPS) is 12.1. The molecule has 0 N–H and O–H groups in total. The van der Waals surface area contributed by atoms with Crippen molar-refractivity contribution in [1.29, 1.82) is 0 Å². The molecule has 0 radical (unpaired) electrons. The first-order valence-electron chi connectivity index (χ1n) is 8.67. The summed E-state index contributed by atoms with van der Waals surface area (Å²) in [6, 6.07) is 7.23. The van der Waals surface area contributed by atoms with Gasteiger partial charge in [0.1, 0.15) is 11.3 Å². The summed E-state index contributed by atoms with van der Waals surface area (Å²) in [7, 11) is 1.60. The zero-order chi connectivity index (χ0) is 20.8. The lowest BCUT2D eigenvalue weighted by molar-refractivity contribution is -0.0504. The maximum absolute atomic E-state index is 12.5. The van der Waals surface area contributed by atoms with Gasteiger partial charge in [0.15, 0.2) is 6.61 Å². The Balaban J connectivity index is 2.11. The molecule has 152 valence electrons. The number of ether oxygens (including phenoxy) is 3. The Kier molecular flexibility index (Phi) is 7.28. The molecule has 0 aliphatic rings. The predicted molar refractivity (Wildman–Crippen MR) is 98.2 cm³/mol. The van der Waals surface area contributed by atoms with Crippen LogP contribution in [0.5, 0.6) is 5.75 Å². The Labute approximate surface area is 162 Å². The molecule has 0 fully saturated rings. The van der Waals surface area contributed by atoms with Crippen LogP contribution in [0.1, 0.15) is 45.1 Å². The third-order valence-electron chi connectivity index (χ3n) is 4.29. The van der Waals surface area contributed by atoms with Gasteiger partial charge in [-0.3, -0.25) is 4.79 Å². The summed E-state index contributed by atoms with van der Waals surface area (Å²) in [5.41, 5.74) is 1.89. The van der Waals surface area contributed by atoms with Crippen LogP contribution in [-0.4, -0.2) is 43.3 Å². The number of halogens is 2. The zero-order valence-corrected chi connectivity index (χ0v) is 16.2. The third-order valence-corrected chi connectivity index (χ3v) is 4.29. The van der Waals surface area contributed by atoms with Crippen LogP contribution >= 0.6 is 0 Å². The van der Waals surface area contributed by atoms with E-state index in [0.717, 1.165) is 11.4 Å². The van der Waals surface area contributed by atoms with Gasteiger partial charge in [-0.25, -0.2) is 4.79 Å². The van der Waals surface area contributed by atoms with Gasteiger partial charge in [-0.2, -0.15) is 8.78 Å². The van der Waals surface area contributed by atoms with E-state index in [9.17, 15) is 18.4 Å². The van der Waals surface area contributed by atoms with E-state index in [-0.39, 0.29) is 23.1 Å². The third kappa shape index (κ3) is 4.95. The Bertz CT molecular complexity index is 847. The number of hydrogen-bond acceptors (Lipinski definition) is 5. The summed E-state index contributed by atoms with van der Waals surface area (Å²) < 4.78 is 41.4. The summed E-state index contributed by atoms with van der Waals surface area (Å²) >= 11 is 0. The van der Waals surface area contributed by atoms with Crippen LogP contribution in [0.25, 0.3) is 0 Å². The maximum Gasteiger partial charge on any atom is 0.387 e. The van der Waals surface area contributed by atoms with Crippen LogP contribution in [0.15, 0.2) is 30.3 Å². The number of ketones is 1. The number of carbonyl (C=O) groups is 2. The van der Waals surface area contributed by atoms with Crippen LogP contribution < -0.4 is 4.74 Å². The Hall–Kier alpha value is -2.74. The van der Waals surface area contributed by atoms with Gasteiger partial charge in [-0.15, -0.1) is 0 Å². The highest BCUT2D eigenvalue weighted by atomic mass is 19.3. The van der Waals surface area contributed by atoms with Gasteiger partial charge >= 0.3 is 12.6 Å². The average molecular weight is 395 g/mol. The molecule has 1 unspecified atom stereocenters. The van der Waals surface area contributed by atoms with Crippen molar-refractivity contribution in [2.75, 3.05) is 20.3 Å². The van der Waals surface area contributed by atoms with E-state index in [1.54, 1.807) is 20.1 Å². The molecule has 0 saturated carbocycles. The number of nitrogens with zero attached hydrogens (tertiary/aromatic N) is 1. The van der Waals surface area contributed by atoms with Crippen LogP contribution in [0.3, 0.4) is 0 Å². The van der Waals surface area contributed by atoms with Crippen molar-refractivity contribution in [3.63, 3.8) is 0 Å². The molecular formula is C20H23F2NO5. The molecule has 0 saturated heterocycles. The van der Waals surface area contributed by atoms with Crippen LogP contribution in [-0.2, 0) is 9.47 Å². The molecule has 0 bridgehead atoms. The van der Waals surface area contributed by atoms with E-state index < -0.39 is 19.2 Å². The number of Topliss-reactive ketones (excluding diaryl/α,β-unsaturated/α-hetero) is 1. The van der Waals surface area contributed by atoms with Crippen molar-refractivity contribution in [3.8, 4) is 5.75 Å². The largest absolute Gasteiger partial charge is 0.454 e. The van der Waals surface area contributed by atoms with Crippen molar-refractivity contribution in [2.45, 2.75) is 33.4 Å². The highest BCUT2D eigenvalue weighted by Crippen LogP contribution is 2.23. The zero-order valence-electron chi connectivity index (χ0n) is 16.2. The molecule has 0 spiro atoms. The van der Waals surface area contributed by atoms with Crippen molar-refractivity contribution < 1.29 is 32.6 Å². The lowest BCUT2D eigenvalue weighted by Crippen LogP contribution is -2.17. The number of aromatic nitrogens is 1. The van der Waals surface area contributed by atoms with Gasteiger partial charge in [-0.05, 0) is 39.0 Å². The van der Waals surface area contributed by atoms with Gasteiger partial charge in [0.2, 0.25) is 5.78 Å². The van der Waals surface area contributed by atoms with Gasteiger partial charge in [0.25, 0.3) is 0 Å². The molecule has 1 atom stereocenters. The molecule has 0 amide bonds. The minimum Gasteiger partial charge on any atom is -0.454 e. The van der Waals surface area contributed by atoms with Gasteiger partial charge in [0.05, 0.1) is 12.6 Å². The van der Waals surface area contributed by atoms with E-state index in [1.165, 1.54) is 24.3 Å². The number of carbonyl (C=O) groups excluding carboxylic acids is 2. The topological polar surface area (TPSA) is 66.8 Å². The second-order valence-electron chi connectivity index (χ2n) is 6.33. The number of alkyl halides is 2. The van der Waals surface area contributed by atoms with Gasteiger partial charge in [0, 0.05) is 24.1 Å². The van der Waals surface area contributed by atoms with E-state index in [1.807, 2.05) is 18.4 Å². The molecule has 2 rings (SSSR count). The molecule has 0 aliphatic heterocycles. The van der Waals surface area contributed by atoms with Crippen LogP contribution in [0.2, 0.25) is 0 Å². The van der Waals surface area contributed by atoms with E-state index in [2.05, 4.69) is 4.74 Å². The lowest BCUT2D eigenvalue weighted by Gasteiger charge is -2.17. The Morgan fingerprint density at radius 1 is 1.14 bits per heavy atom. The number of benzene rings is 1. The van der Waals surface area contributed by atoms with Gasteiger partial charge in [-0.1, -0.05) is 12.1 Å². The molecule has 28 heavy (non-hydrogen) atoms. The molecular weight excluding hydrogens is 372 g/mol. The quantitative estimate of drug-likeness (QED) is 0.475. The standard InChI is InChI=1S/C20H23F2NO5/c1-12-9-16(14(3)23(12)13(2)10-26-4)17(24)11-27-19(25)15-7-5-6-8-18(15)28-20(21)22/h5-9,13,20H,10-11H2,1-4H3. The first-order chi connectivity index (χ1) is 13.3. The number of aryl methyl sites for hydroxylation is 1. The van der Waals surface area contributed by atoms with E-state index >= 15 is 0 Å². The second-order valence-corrected chi connectivity index (χ2v) is 6.33. The highest BCUT2D eigenvalue weighted by Gasteiger charge is 2.21. The summed E-state index contributed by atoms with van der Waals surface area (Å²) in [5, 5.41) is 0. The second kappa shape index (κ2) is 9.45. The van der Waals surface area contributed by atoms with Crippen molar-refractivity contribution in [2.24, 2.45) is 0 Å². The molecule has 1 heterocycles. The van der Waals surface area contributed by atoms with Crippen molar-refractivity contribution in [1.82, 2.24) is 4.57 Å². The molecule has 0 aliphatic carbocycles. The number of esters is 1. The fourth-order valence-electron chi connectivity index (χ4n) is 3.17. The molecule has 6 nitrogen and oxygen atoms in total. The minimum absolute atomic E-state index is 0.0347. The van der Waals surface area contributed by atoms with Crippen molar-refractivity contribution >= 4 is 11.8 Å². The highest BCUT2D eigenvalue weighted by molar-refractivity contribution is 6.01. The molecule has 2 aromatic rings. The lowest BCUT2D eigenvalue weighted by atomic mass is 10.1. The summed E-state index contributed by atoms with van der Waals surface area (Å²) in [4.78, 5) is 24.7. The van der Waals surface area contributed by atoms with Crippen molar-refractivity contribution in [3.05, 3.63) is 52.8 Å². The summed E-state index contributed by atoms with van der Waals surface area (Å²) in [5.74, 6) is -1.60. The SMILES string of the molecule is COCC(C)n1c(C)cc(C(=O)COC(=O)c2ccccc2OC(F)F)c1C. The molecule has 1 aromatic heterocycles. The van der Waals surface area contributed by atoms with E-state index in [4.69, 9.17) is 9.47 Å². The Morgan fingerprint density at radius 3 is 2.46 bits per heavy atom.